The summed E-state index contributed by atoms with van der Waals surface area (Å²) >= 11 is 0. The second kappa shape index (κ2) is 7.21. The summed E-state index contributed by atoms with van der Waals surface area (Å²) in [5.41, 5.74) is 2.98. The molecule has 1 aliphatic rings. The summed E-state index contributed by atoms with van der Waals surface area (Å²) in [6.07, 6.45) is 0. The highest BCUT2D eigenvalue weighted by Gasteiger charge is 2.25. The molecule has 0 saturated carbocycles. The van der Waals surface area contributed by atoms with Gasteiger partial charge in [-0.2, -0.15) is 0 Å². The van der Waals surface area contributed by atoms with E-state index in [0.717, 1.165) is 32.7 Å². The molecule has 1 heterocycles. The largest absolute Gasteiger partial charge is 0.311 e. The number of nitrogens with one attached hydrogen (secondary N) is 1. The van der Waals surface area contributed by atoms with E-state index in [4.69, 9.17) is 0 Å². The molecule has 0 radical (unpaired) electrons. The Balaban J connectivity index is 2.16. The predicted octanol–water partition coefficient (Wildman–Crippen LogP) is 2.35. The minimum absolute atomic E-state index is 0.516. The average Bonchev–Trinajstić information content (AvgIpc) is 2.42. The predicted molar refractivity (Wildman–Crippen MR) is 85.9 cm³/mol. The van der Waals surface area contributed by atoms with E-state index in [-0.39, 0.29) is 0 Å². The van der Waals surface area contributed by atoms with E-state index in [9.17, 15) is 0 Å². The van der Waals surface area contributed by atoms with Crippen LogP contribution in [0.15, 0.2) is 24.3 Å². The van der Waals surface area contributed by atoms with Crippen molar-refractivity contribution in [3.8, 4) is 0 Å². The van der Waals surface area contributed by atoms with Crippen molar-refractivity contribution < 1.29 is 0 Å². The highest BCUT2D eigenvalue weighted by molar-refractivity contribution is 5.32. The molecular weight excluding hydrogens is 246 g/mol. The zero-order valence-electron chi connectivity index (χ0n) is 13.4. The van der Waals surface area contributed by atoms with Crippen LogP contribution in [0.4, 0.5) is 0 Å². The van der Waals surface area contributed by atoms with Crippen LogP contribution < -0.4 is 5.32 Å². The highest BCUT2D eigenvalue weighted by Crippen LogP contribution is 2.27. The Bertz CT molecular complexity index is 414. The van der Waals surface area contributed by atoms with E-state index in [1.54, 1.807) is 0 Å². The Morgan fingerprint density at radius 3 is 2.65 bits per heavy atom. The Labute approximate surface area is 124 Å². The van der Waals surface area contributed by atoms with Gasteiger partial charge in [0.05, 0.1) is 0 Å². The first-order chi connectivity index (χ1) is 9.58. The third kappa shape index (κ3) is 4.05. The summed E-state index contributed by atoms with van der Waals surface area (Å²) in [5.74, 6) is 0.700. The fourth-order valence-corrected chi connectivity index (χ4v) is 2.97. The maximum absolute atomic E-state index is 3.58. The molecule has 0 aliphatic carbocycles. The van der Waals surface area contributed by atoms with Crippen LogP contribution in [-0.2, 0) is 6.54 Å². The van der Waals surface area contributed by atoms with Gasteiger partial charge in [0.2, 0.25) is 0 Å². The molecule has 0 aromatic heterocycles. The van der Waals surface area contributed by atoms with Gasteiger partial charge in [0, 0.05) is 38.8 Å². The summed E-state index contributed by atoms with van der Waals surface area (Å²) in [7, 11) is 4.31. The van der Waals surface area contributed by atoms with Crippen molar-refractivity contribution in [2.45, 2.75) is 26.4 Å². The van der Waals surface area contributed by atoms with Gasteiger partial charge in [-0.25, -0.2) is 0 Å². The van der Waals surface area contributed by atoms with Crippen LogP contribution in [0, 0.1) is 5.92 Å². The lowest BCUT2D eigenvalue weighted by molar-refractivity contribution is 0.151. The van der Waals surface area contributed by atoms with Gasteiger partial charge in [0.1, 0.15) is 0 Å². The Morgan fingerprint density at radius 1 is 1.20 bits per heavy atom. The molecule has 0 bridgehead atoms. The third-order valence-electron chi connectivity index (χ3n) is 3.94. The summed E-state index contributed by atoms with van der Waals surface area (Å²) in [5, 5.41) is 3.58. The van der Waals surface area contributed by atoms with Crippen molar-refractivity contribution in [3.63, 3.8) is 0 Å². The number of hydrogen-bond acceptors (Lipinski definition) is 3. The van der Waals surface area contributed by atoms with Crippen molar-refractivity contribution in [1.82, 2.24) is 15.1 Å². The van der Waals surface area contributed by atoms with Crippen LogP contribution in [0.1, 0.15) is 31.0 Å². The first-order valence-electron chi connectivity index (χ1n) is 7.75. The highest BCUT2D eigenvalue weighted by atomic mass is 15.2. The monoisotopic (exact) mass is 275 g/mol. The summed E-state index contributed by atoms with van der Waals surface area (Å²) in [6.45, 7) is 10.1. The molecule has 0 saturated heterocycles. The van der Waals surface area contributed by atoms with Crippen LogP contribution in [0.5, 0.6) is 0 Å². The first-order valence-corrected chi connectivity index (χ1v) is 7.75. The standard InChI is InChI=1S/C17H29N3/c1-14(2)13-20(10-9-19(3)4)17-12-18-11-15-7-5-6-8-16(15)17/h5-8,14,17-18H,9-13H2,1-4H3. The SMILES string of the molecule is CC(C)CN(CCN(C)C)C1CNCc2ccccc21. The van der Waals surface area contributed by atoms with Crippen LogP contribution in [0.3, 0.4) is 0 Å². The fraction of sp³-hybridized carbons (Fsp3) is 0.647. The van der Waals surface area contributed by atoms with Gasteiger partial charge in [-0.1, -0.05) is 38.1 Å². The van der Waals surface area contributed by atoms with Crippen molar-refractivity contribution in [2.24, 2.45) is 5.92 Å². The topological polar surface area (TPSA) is 18.5 Å². The van der Waals surface area contributed by atoms with E-state index in [0.29, 0.717) is 12.0 Å². The third-order valence-corrected chi connectivity index (χ3v) is 3.94. The van der Waals surface area contributed by atoms with E-state index < -0.39 is 0 Å². The van der Waals surface area contributed by atoms with E-state index >= 15 is 0 Å². The number of benzene rings is 1. The fourth-order valence-electron chi connectivity index (χ4n) is 2.97. The number of rotatable bonds is 6. The molecule has 1 N–H and O–H groups in total. The molecule has 1 atom stereocenters. The lowest BCUT2D eigenvalue weighted by atomic mass is 9.95. The van der Waals surface area contributed by atoms with Crippen molar-refractivity contribution in [1.29, 1.82) is 0 Å². The van der Waals surface area contributed by atoms with Gasteiger partial charge in [0.25, 0.3) is 0 Å². The molecular formula is C17H29N3. The Kier molecular flexibility index (Phi) is 5.58. The van der Waals surface area contributed by atoms with Crippen LogP contribution in [0.25, 0.3) is 0 Å². The van der Waals surface area contributed by atoms with E-state index in [2.05, 4.69) is 67.3 Å². The maximum atomic E-state index is 3.58. The van der Waals surface area contributed by atoms with Crippen LogP contribution in [-0.4, -0.2) is 50.1 Å². The van der Waals surface area contributed by atoms with Crippen molar-refractivity contribution in [3.05, 3.63) is 35.4 Å². The van der Waals surface area contributed by atoms with Gasteiger partial charge >= 0.3 is 0 Å². The second-order valence-electron chi connectivity index (χ2n) is 6.54. The molecule has 2 rings (SSSR count). The van der Waals surface area contributed by atoms with Crippen LogP contribution >= 0.6 is 0 Å². The minimum Gasteiger partial charge on any atom is -0.311 e. The summed E-state index contributed by atoms with van der Waals surface area (Å²) in [4.78, 5) is 4.92. The summed E-state index contributed by atoms with van der Waals surface area (Å²) in [6, 6.07) is 9.41. The van der Waals surface area contributed by atoms with E-state index in [1.807, 2.05) is 0 Å². The lowest BCUT2D eigenvalue weighted by Gasteiger charge is -2.37. The van der Waals surface area contributed by atoms with Crippen molar-refractivity contribution >= 4 is 0 Å². The number of hydrogen-bond donors (Lipinski definition) is 1. The molecule has 1 aromatic rings. The molecule has 1 aromatic carbocycles. The molecule has 0 spiro atoms. The molecule has 3 nitrogen and oxygen atoms in total. The lowest BCUT2D eigenvalue weighted by Crippen LogP contribution is -2.43. The molecule has 3 heteroatoms. The molecule has 1 unspecified atom stereocenters. The number of nitrogens with zero attached hydrogens (tertiary/aromatic N) is 2. The van der Waals surface area contributed by atoms with E-state index in [1.165, 1.54) is 11.1 Å². The molecule has 0 amide bonds. The molecule has 20 heavy (non-hydrogen) atoms. The smallest absolute Gasteiger partial charge is 0.0476 e. The van der Waals surface area contributed by atoms with Crippen LogP contribution in [0.2, 0.25) is 0 Å². The van der Waals surface area contributed by atoms with Gasteiger partial charge < -0.3 is 10.2 Å². The van der Waals surface area contributed by atoms with Gasteiger partial charge in [-0.05, 0) is 31.1 Å². The van der Waals surface area contributed by atoms with Gasteiger partial charge in [-0.15, -0.1) is 0 Å². The zero-order valence-corrected chi connectivity index (χ0v) is 13.4. The minimum atomic E-state index is 0.516. The first kappa shape index (κ1) is 15.5. The van der Waals surface area contributed by atoms with Gasteiger partial charge in [0.15, 0.2) is 0 Å². The maximum Gasteiger partial charge on any atom is 0.0476 e. The molecule has 1 aliphatic heterocycles. The second-order valence-corrected chi connectivity index (χ2v) is 6.54. The van der Waals surface area contributed by atoms with Gasteiger partial charge in [-0.3, -0.25) is 4.90 Å². The molecule has 112 valence electrons. The Morgan fingerprint density at radius 2 is 1.95 bits per heavy atom. The number of fused-ring (bicyclic) bond motifs is 1. The zero-order chi connectivity index (χ0) is 14.5. The molecule has 0 fully saturated rings. The normalized spacial score (nSPS) is 18.9. The summed E-state index contributed by atoms with van der Waals surface area (Å²) < 4.78 is 0. The number of likely N-dealkylation sites (N-methyl/N-ethyl adjacent to an activating group) is 1. The average molecular weight is 275 g/mol. The van der Waals surface area contributed by atoms with Crippen molar-refractivity contribution in [2.75, 3.05) is 40.3 Å². The Hall–Kier alpha value is -0.900. The quantitative estimate of drug-likeness (QED) is 0.860.